The molecular formula is C25H27ClFN3O2. The van der Waals surface area contributed by atoms with Gasteiger partial charge in [0.15, 0.2) is 0 Å². The molecule has 32 heavy (non-hydrogen) atoms. The standard InChI is InChI=1S/C25H27ClFN3O2/c1-17-15-30(16-28-17)23-10-9-19(13-24(23)32-3)12-21(7-5-11-26)25(31)29-18(2)20-6-4-8-22(27)14-20/h4,6,8-10,12-16,18H,5,7,11H2,1-3H3,(H,29,31)/t18-/m0/s1. The third-order valence-electron chi connectivity index (χ3n) is 5.10. The van der Waals surface area contributed by atoms with Crippen molar-refractivity contribution in [3.05, 3.63) is 83.2 Å². The molecule has 1 N–H and O–H groups in total. The lowest BCUT2D eigenvalue weighted by Crippen LogP contribution is -2.28. The van der Waals surface area contributed by atoms with E-state index in [4.69, 9.17) is 16.3 Å². The molecule has 1 heterocycles. The second-order valence-corrected chi connectivity index (χ2v) is 7.94. The van der Waals surface area contributed by atoms with Gasteiger partial charge in [-0.05, 0) is 68.2 Å². The number of hydrogen-bond acceptors (Lipinski definition) is 3. The minimum absolute atomic E-state index is 0.208. The Morgan fingerprint density at radius 2 is 2.12 bits per heavy atom. The first-order valence-electron chi connectivity index (χ1n) is 10.4. The Morgan fingerprint density at radius 1 is 1.31 bits per heavy atom. The van der Waals surface area contributed by atoms with Crippen LogP contribution in [0.5, 0.6) is 5.75 Å². The smallest absolute Gasteiger partial charge is 0.247 e. The molecule has 2 aromatic carbocycles. The fourth-order valence-electron chi connectivity index (χ4n) is 3.41. The highest BCUT2D eigenvalue weighted by atomic mass is 35.5. The third-order valence-corrected chi connectivity index (χ3v) is 5.37. The lowest BCUT2D eigenvalue weighted by atomic mass is 10.0. The maximum absolute atomic E-state index is 13.5. The number of nitrogens with zero attached hydrogens (tertiary/aromatic N) is 2. The van der Waals surface area contributed by atoms with Gasteiger partial charge in [-0.25, -0.2) is 9.37 Å². The summed E-state index contributed by atoms with van der Waals surface area (Å²) >= 11 is 5.88. The summed E-state index contributed by atoms with van der Waals surface area (Å²) in [5.41, 5.74) is 3.90. The zero-order valence-electron chi connectivity index (χ0n) is 18.4. The van der Waals surface area contributed by atoms with Crippen LogP contribution in [0.3, 0.4) is 0 Å². The summed E-state index contributed by atoms with van der Waals surface area (Å²) in [5, 5.41) is 2.96. The fraction of sp³-hybridized carbons (Fsp3) is 0.280. The number of aryl methyl sites for hydroxylation is 1. The van der Waals surface area contributed by atoms with Crippen molar-refractivity contribution in [2.75, 3.05) is 13.0 Å². The molecule has 0 aliphatic carbocycles. The lowest BCUT2D eigenvalue weighted by molar-refractivity contribution is -0.118. The summed E-state index contributed by atoms with van der Waals surface area (Å²) in [6, 6.07) is 11.6. The summed E-state index contributed by atoms with van der Waals surface area (Å²) in [7, 11) is 1.61. The summed E-state index contributed by atoms with van der Waals surface area (Å²) in [6.07, 6.45) is 6.68. The van der Waals surface area contributed by atoms with Crippen molar-refractivity contribution >= 4 is 23.6 Å². The van der Waals surface area contributed by atoms with E-state index in [1.54, 1.807) is 25.6 Å². The molecular weight excluding hydrogens is 429 g/mol. The normalized spacial score (nSPS) is 12.5. The number of hydrogen-bond donors (Lipinski definition) is 1. The van der Waals surface area contributed by atoms with Crippen LogP contribution in [-0.2, 0) is 4.79 Å². The van der Waals surface area contributed by atoms with Crippen molar-refractivity contribution in [3.63, 3.8) is 0 Å². The monoisotopic (exact) mass is 455 g/mol. The number of benzene rings is 2. The number of nitrogens with one attached hydrogen (secondary N) is 1. The molecule has 0 aliphatic rings. The summed E-state index contributed by atoms with van der Waals surface area (Å²) in [6.45, 7) is 3.75. The van der Waals surface area contributed by atoms with E-state index in [9.17, 15) is 9.18 Å². The molecule has 0 saturated heterocycles. The Bertz CT molecular complexity index is 1110. The molecule has 1 amide bonds. The number of halogens is 2. The maximum Gasteiger partial charge on any atom is 0.247 e. The number of carbonyl (C=O) groups excluding carboxylic acids is 1. The molecule has 0 radical (unpaired) electrons. The van der Waals surface area contributed by atoms with Gasteiger partial charge in [0.2, 0.25) is 5.91 Å². The van der Waals surface area contributed by atoms with Gasteiger partial charge in [0.05, 0.1) is 30.9 Å². The van der Waals surface area contributed by atoms with Crippen molar-refractivity contribution in [2.45, 2.75) is 32.7 Å². The van der Waals surface area contributed by atoms with Crippen LogP contribution in [0, 0.1) is 12.7 Å². The number of imidazole rings is 1. The number of aromatic nitrogens is 2. The van der Waals surface area contributed by atoms with Gasteiger partial charge in [-0.2, -0.15) is 0 Å². The highest BCUT2D eigenvalue weighted by Gasteiger charge is 2.15. The molecule has 0 spiro atoms. The van der Waals surface area contributed by atoms with E-state index in [-0.39, 0.29) is 17.8 Å². The highest BCUT2D eigenvalue weighted by Crippen LogP contribution is 2.26. The summed E-state index contributed by atoms with van der Waals surface area (Å²) < 4.78 is 21.0. The van der Waals surface area contributed by atoms with Crippen LogP contribution >= 0.6 is 11.6 Å². The van der Waals surface area contributed by atoms with Crippen LogP contribution in [-0.4, -0.2) is 28.4 Å². The van der Waals surface area contributed by atoms with Gasteiger partial charge in [-0.3, -0.25) is 4.79 Å². The van der Waals surface area contributed by atoms with Gasteiger partial charge < -0.3 is 14.6 Å². The first-order valence-corrected chi connectivity index (χ1v) is 11.0. The zero-order valence-corrected chi connectivity index (χ0v) is 19.2. The van der Waals surface area contributed by atoms with Crippen molar-refractivity contribution < 1.29 is 13.9 Å². The maximum atomic E-state index is 13.5. The number of methoxy groups -OCH3 is 1. The van der Waals surface area contributed by atoms with Crippen molar-refractivity contribution in [1.29, 1.82) is 0 Å². The first-order chi connectivity index (χ1) is 15.4. The third kappa shape index (κ3) is 5.98. The van der Waals surface area contributed by atoms with Gasteiger partial charge in [0, 0.05) is 17.6 Å². The van der Waals surface area contributed by atoms with E-state index in [0.717, 1.165) is 16.9 Å². The first kappa shape index (κ1) is 23.5. The van der Waals surface area contributed by atoms with Crippen molar-refractivity contribution in [1.82, 2.24) is 14.9 Å². The van der Waals surface area contributed by atoms with Crippen LogP contribution in [0.15, 0.2) is 60.6 Å². The molecule has 3 rings (SSSR count). The Kier molecular flexibility index (Phi) is 8.06. The van der Waals surface area contributed by atoms with Gasteiger partial charge in [-0.15, -0.1) is 11.6 Å². The molecule has 0 aliphatic heterocycles. The molecule has 1 aromatic heterocycles. The highest BCUT2D eigenvalue weighted by molar-refractivity contribution is 6.17. The van der Waals surface area contributed by atoms with Gasteiger partial charge in [0.1, 0.15) is 11.6 Å². The average molecular weight is 456 g/mol. The van der Waals surface area contributed by atoms with Crippen LogP contribution < -0.4 is 10.1 Å². The quantitative estimate of drug-likeness (QED) is 0.337. The molecule has 168 valence electrons. The van der Waals surface area contributed by atoms with E-state index in [1.165, 1.54) is 12.1 Å². The van der Waals surface area contributed by atoms with Gasteiger partial charge in [0.25, 0.3) is 0 Å². The van der Waals surface area contributed by atoms with Crippen molar-refractivity contribution in [2.24, 2.45) is 0 Å². The van der Waals surface area contributed by atoms with E-state index < -0.39 is 0 Å². The molecule has 0 fully saturated rings. The van der Waals surface area contributed by atoms with Crippen LogP contribution in [0.25, 0.3) is 11.8 Å². The predicted molar refractivity (Wildman–Crippen MR) is 126 cm³/mol. The summed E-state index contributed by atoms with van der Waals surface area (Å²) in [5.74, 6) is 0.579. The molecule has 5 nitrogen and oxygen atoms in total. The second kappa shape index (κ2) is 11.0. The Balaban J connectivity index is 1.85. The van der Waals surface area contributed by atoms with Crippen molar-refractivity contribution in [3.8, 4) is 11.4 Å². The molecule has 7 heteroatoms. The van der Waals surface area contributed by atoms with Crippen LogP contribution in [0.4, 0.5) is 4.39 Å². The largest absolute Gasteiger partial charge is 0.495 e. The number of carbonyl (C=O) groups is 1. The average Bonchev–Trinajstić information content (AvgIpc) is 3.22. The Morgan fingerprint density at radius 3 is 2.78 bits per heavy atom. The molecule has 1 atom stereocenters. The predicted octanol–water partition coefficient (Wildman–Crippen LogP) is 5.61. The number of ether oxygens (including phenoxy) is 1. The van der Waals surface area contributed by atoms with Crippen LogP contribution in [0.2, 0.25) is 0 Å². The van der Waals surface area contributed by atoms with Gasteiger partial charge >= 0.3 is 0 Å². The minimum Gasteiger partial charge on any atom is -0.495 e. The Labute approximate surface area is 192 Å². The molecule has 0 unspecified atom stereocenters. The molecule has 0 saturated carbocycles. The van der Waals surface area contributed by atoms with Crippen LogP contribution in [0.1, 0.15) is 42.6 Å². The number of alkyl halides is 1. The molecule has 3 aromatic rings. The number of rotatable bonds is 9. The topological polar surface area (TPSA) is 56.1 Å². The zero-order chi connectivity index (χ0) is 23.1. The van der Waals surface area contributed by atoms with E-state index in [2.05, 4.69) is 10.3 Å². The second-order valence-electron chi connectivity index (χ2n) is 7.57. The Hall–Kier alpha value is -3.12. The van der Waals surface area contributed by atoms with E-state index in [0.29, 0.717) is 35.6 Å². The van der Waals surface area contributed by atoms with Gasteiger partial charge in [-0.1, -0.05) is 18.2 Å². The fourth-order valence-corrected chi connectivity index (χ4v) is 3.54. The van der Waals surface area contributed by atoms with E-state index in [1.807, 2.05) is 48.9 Å². The lowest BCUT2D eigenvalue weighted by Gasteiger charge is -2.16. The van der Waals surface area contributed by atoms with E-state index >= 15 is 0 Å². The minimum atomic E-state index is -0.334. The SMILES string of the molecule is COc1cc(C=C(CCCCl)C(=O)N[C@@H](C)c2cccc(F)c2)ccc1-n1cnc(C)c1. The molecule has 0 bridgehead atoms. The summed E-state index contributed by atoms with van der Waals surface area (Å²) in [4.78, 5) is 17.3. The number of amides is 1.